The number of rotatable bonds is 14. The molecule has 3 atom stereocenters. The zero-order chi connectivity index (χ0) is 32.5. The summed E-state index contributed by atoms with van der Waals surface area (Å²) in [6, 6.07) is 7.96. The second-order valence-corrected chi connectivity index (χ2v) is 12.3. The lowest BCUT2D eigenvalue weighted by Crippen LogP contribution is -2.57. The molecule has 2 amide bonds. The molecule has 1 saturated heterocycles. The number of nitrogens with one attached hydrogen (secondary N) is 1. The van der Waals surface area contributed by atoms with Gasteiger partial charge in [-0.2, -0.15) is 0 Å². The number of amides is 2. The highest BCUT2D eigenvalue weighted by Crippen LogP contribution is 2.42. The van der Waals surface area contributed by atoms with E-state index in [4.69, 9.17) is 18.9 Å². The largest absolute Gasteiger partial charge is 0.496 e. The Hall–Kier alpha value is -3.85. The van der Waals surface area contributed by atoms with Crippen molar-refractivity contribution in [3.63, 3.8) is 0 Å². The number of hydrogen-bond acceptors (Lipinski definition) is 7. The zero-order valence-corrected chi connectivity index (χ0v) is 27.1. The van der Waals surface area contributed by atoms with Gasteiger partial charge in [0.05, 0.1) is 27.4 Å². The molecule has 2 aromatic carbocycles. The predicted molar refractivity (Wildman–Crippen MR) is 172 cm³/mol. The van der Waals surface area contributed by atoms with Crippen molar-refractivity contribution in [1.29, 1.82) is 0 Å². The fourth-order valence-corrected chi connectivity index (χ4v) is 5.72. The van der Waals surface area contributed by atoms with Crippen LogP contribution in [0.15, 0.2) is 49.6 Å². The smallest absolute Gasteiger partial charge is 0.407 e. The Bertz CT molecular complexity index is 1350. The summed E-state index contributed by atoms with van der Waals surface area (Å²) < 4.78 is 22.2. The van der Waals surface area contributed by atoms with E-state index in [2.05, 4.69) is 18.5 Å². The molecular formula is C35H48N2O7. The Morgan fingerprint density at radius 1 is 1.05 bits per heavy atom. The van der Waals surface area contributed by atoms with E-state index >= 15 is 0 Å². The zero-order valence-electron chi connectivity index (χ0n) is 27.1. The Balaban J connectivity index is 1.87. The molecular weight excluding hydrogens is 560 g/mol. The first kappa shape index (κ1) is 34.6. The lowest BCUT2D eigenvalue weighted by atomic mass is 9.85. The van der Waals surface area contributed by atoms with Gasteiger partial charge in [-0.1, -0.05) is 64.5 Å². The van der Waals surface area contributed by atoms with Crippen LogP contribution in [0.5, 0.6) is 5.75 Å². The first-order valence-electron chi connectivity index (χ1n) is 15.2. The molecule has 1 aliphatic rings. The third kappa shape index (κ3) is 8.00. The summed E-state index contributed by atoms with van der Waals surface area (Å²) in [6.07, 6.45) is 7.88. The fraction of sp³-hybridized carbons (Fsp3) is 0.514. The number of carbonyl (C=O) groups excluding carboxylic acids is 3. The highest BCUT2D eigenvalue weighted by Gasteiger charge is 2.53. The first-order valence-corrected chi connectivity index (χ1v) is 15.2. The Kier molecular flexibility index (Phi) is 12.0. The van der Waals surface area contributed by atoms with E-state index < -0.39 is 41.1 Å². The van der Waals surface area contributed by atoms with Gasteiger partial charge in [-0.15, -0.1) is 6.58 Å². The molecule has 0 aliphatic carbocycles. The normalized spacial score (nSPS) is 18.9. The molecule has 9 heteroatoms. The summed E-state index contributed by atoms with van der Waals surface area (Å²) in [4.78, 5) is 41.6. The van der Waals surface area contributed by atoms with E-state index in [1.807, 2.05) is 57.2 Å². The molecule has 1 aliphatic heterocycles. The van der Waals surface area contributed by atoms with E-state index in [1.165, 1.54) is 12.0 Å². The number of hydrogen-bond donors (Lipinski definition) is 1. The average Bonchev–Trinajstić information content (AvgIpc) is 3.42. The number of benzene rings is 2. The van der Waals surface area contributed by atoms with Crippen LogP contribution in [-0.2, 0) is 29.4 Å². The van der Waals surface area contributed by atoms with Gasteiger partial charge in [0.15, 0.2) is 0 Å². The molecule has 2 aromatic rings. The second-order valence-electron chi connectivity index (χ2n) is 12.3. The number of fused-ring (bicyclic) bond motifs is 1. The van der Waals surface area contributed by atoms with Crippen molar-refractivity contribution in [2.75, 3.05) is 34.5 Å². The first-order chi connectivity index (χ1) is 20.9. The summed E-state index contributed by atoms with van der Waals surface area (Å²) >= 11 is 0. The molecule has 0 spiro atoms. The van der Waals surface area contributed by atoms with Crippen molar-refractivity contribution >= 4 is 34.8 Å². The third-order valence-electron chi connectivity index (χ3n) is 8.32. The predicted octanol–water partition coefficient (Wildman–Crippen LogP) is 6.38. The maximum atomic E-state index is 14.2. The summed E-state index contributed by atoms with van der Waals surface area (Å²) in [5.74, 6) is -0.246. The number of methoxy groups -OCH3 is 3. The van der Waals surface area contributed by atoms with Crippen molar-refractivity contribution in [2.45, 2.75) is 77.0 Å². The molecule has 240 valence electrons. The van der Waals surface area contributed by atoms with Crippen LogP contribution in [0.3, 0.4) is 0 Å². The van der Waals surface area contributed by atoms with Crippen molar-refractivity contribution in [3.05, 3.63) is 60.7 Å². The monoisotopic (exact) mass is 608 g/mol. The van der Waals surface area contributed by atoms with Crippen LogP contribution >= 0.6 is 0 Å². The lowest BCUT2D eigenvalue weighted by Gasteiger charge is -2.35. The molecule has 1 N–H and O–H groups in total. The molecule has 2 unspecified atom stereocenters. The fourth-order valence-electron chi connectivity index (χ4n) is 5.72. The van der Waals surface area contributed by atoms with Crippen LogP contribution < -0.4 is 10.1 Å². The van der Waals surface area contributed by atoms with Crippen molar-refractivity contribution in [1.82, 2.24) is 10.2 Å². The van der Waals surface area contributed by atoms with Crippen LogP contribution in [0, 0.1) is 5.41 Å². The second kappa shape index (κ2) is 15.2. The number of alkyl carbamates (subject to hydrolysis) is 1. The highest BCUT2D eigenvalue weighted by molar-refractivity contribution is 5.92. The van der Waals surface area contributed by atoms with Crippen LogP contribution in [0.25, 0.3) is 16.8 Å². The van der Waals surface area contributed by atoms with Crippen LogP contribution in [0.1, 0.15) is 70.4 Å². The average molecular weight is 609 g/mol. The molecule has 44 heavy (non-hydrogen) atoms. The van der Waals surface area contributed by atoms with Crippen molar-refractivity contribution < 1.29 is 33.3 Å². The molecule has 0 radical (unpaired) electrons. The number of unbranched alkanes of at least 4 members (excludes halogenated alkanes) is 4. The van der Waals surface area contributed by atoms with Gasteiger partial charge >= 0.3 is 12.1 Å². The van der Waals surface area contributed by atoms with Gasteiger partial charge in [0.2, 0.25) is 5.91 Å². The minimum absolute atomic E-state index is 0.0894. The molecule has 3 rings (SSSR count). The Morgan fingerprint density at radius 2 is 1.77 bits per heavy atom. The molecule has 9 nitrogen and oxygen atoms in total. The maximum Gasteiger partial charge on any atom is 0.407 e. The number of esters is 1. The Labute approximate surface area is 261 Å². The summed E-state index contributed by atoms with van der Waals surface area (Å²) in [5.41, 5.74) is -0.0170. The number of ether oxygens (including phenoxy) is 4. The van der Waals surface area contributed by atoms with Gasteiger partial charge in [0.1, 0.15) is 23.4 Å². The molecule has 0 aromatic heterocycles. The number of nitrogens with zero attached hydrogens (tertiary/aromatic N) is 1. The van der Waals surface area contributed by atoms with Gasteiger partial charge in [-0.25, -0.2) is 9.59 Å². The van der Waals surface area contributed by atoms with E-state index in [0.29, 0.717) is 5.75 Å². The summed E-state index contributed by atoms with van der Waals surface area (Å²) in [7, 11) is 4.49. The van der Waals surface area contributed by atoms with E-state index in [0.717, 1.165) is 54.0 Å². The number of carbonyl (C=O) groups is 3. The van der Waals surface area contributed by atoms with Crippen LogP contribution in [0.4, 0.5) is 4.79 Å². The van der Waals surface area contributed by atoms with E-state index in [1.54, 1.807) is 20.3 Å². The van der Waals surface area contributed by atoms with E-state index in [9.17, 15) is 14.4 Å². The molecule has 0 saturated carbocycles. The SMILES string of the molecule is C=CCCCCCCOC(=O)N[C@H](C(=O)N1CC(OC)(c2ccc3cc(OC)c(C=C)cc3c2)CC1C(=O)OC)C(C)(C)C. The van der Waals surface area contributed by atoms with Crippen molar-refractivity contribution in [3.8, 4) is 5.75 Å². The number of likely N-dealkylation sites (tertiary alicyclic amines) is 1. The van der Waals surface area contributed by atoms with Gasteiger partial charge in [-0.05, 0) is 59.2 Å². The minimum atomic E-state index is -0.995. The number of allylic oxidation sites excluding steroid dienone is 1. The Morgan fingerprint density at radius 3 is 2.39 bits per heavy atom. The van der Waals surface area contributed by atoms with Gasteiger partial charge < -0.3 is 29.2 Å². The van der Waals surface area contributed by atoms with Gasteiger partial charge in [-0.3, -0.25) is 4.79 Å². The van der Waals surface area contributed by atoms with Gasteiger partial charge in [0, 0.05) is 19.1 Å². The van der Waals surface area contributed by atoms with E-state index in [-0.39, 0.29) is 19.6 Å². The standard InChI is InChI=1S/C35H48N2O7/c1-9-11-12-13-14-15-18-44-33(40)36-30(34(3,4)5)31(38)37-23-35(43-8,22-28(37)32(39)42-7)27-17-16-25-21-29(41-6)24(10-2)19-26(25)20-27/h9-10,16-17,19-21,28,30H,1-2,11-15,18,22-23H2,3-8H3,(H,36,40)/t28?,30-,35?/m1/s1. The maximum absolute atomic E-state index is 14.2. The minimum Gasteiger partial charge on any atom is -0.496 e. The molecule has 0 bridgehead atoms. The lowest BCUT2D eigenvalue weighted by molar-refractivity contribution is -0.152. The highest BCUT2D eigenvalue weighted by atomic mass is 16.5. The third-order valence-corrected chi connectivity index (χ3v) is 8.32. The van der Waals surface area contributed by atoms with Crippen LogP contribution in [-0.4, -0.2) is 69.4 Å². The van der Waals surface area contributed by atoms with Crippen LogP contribution in [0.2, 0.25) is 0 Å². The van der Waals surface area contributed by atoms with Gasteiger partial charge in [0.25, 0.3) is 0 Å². The summed E-state index contributed by atoms with van der Waals surface area (Å²) in [5, 5.41) is 4.68. The summed E-state index contributed by atoms with van der Waals surface area (Å²) in [6.45, 7) is 13.5. The van der Waals surface area contributed by atoms with Crippen molar-refractivity contribution in [2.24, 2.45) is 5.41 Å². The molecule has 1 heterocycles. The quantitative estimate of drug-likeness (QED) is 0.151. The topological polar surface area (TPSA) is 103 Å². The molecule has 1 fully saturated rings.